The lowest BCUT2D eigenvalue weighted by molar-refractivity contribution is -0.0407. The fraction of sp³-hybridized carbons (Fsp3) is 0.364. The van der Waals surface area contributed by atoms with Crippen LogP contribution in [0.1, 0.15) is 18.6 Å². The van der Waals surface area contributed by atoms with Crippen molar-refractivity contribution < 1.29 is 14.6 Å². The topological polar surface area (TPSA) is 58.6 Å². The van der Waals surface area contributed by atoms with E-state index >= 15 is 0 Å². The van der Waals surface area contributed by atoms with Gasteiger partial charge in [0, 0.05) is 15.6 Å². The van der Waals surface area contributed by atoms with E-state index in [1.807, 2.05) is 0 Å². The normalized spacial score (nSPS) is 28.5. The van der Waals surface area contributed by atoms with Crippen molar-refractivity contribution in [1.82, 2.24) is 5.32 Å². The van der Waals surface area contributed by atoms with Crippen LogP contribution in [0.4, 0.5) is 4.79 Å². The second-order valence-electron chi connectivity index (χ2n) is 3.92. The zero-order chi connectivity index (χ0) is 12.6. The number of halogens is 2. The third-order valence-corrected chi connectivity index (χ3v) is 3.23. The molecule has 1 aromatic carbocycles. The number of aliphatic hydroxyl groups excluding tert-OH is 1. The van der Waals surface area contributed by atoms with Gasteiger partial charge in [-0.25, -0.2) is 4.79 Å². The molecule has 1 aromatic rings. The third-order valence-electron chi connectivity index (χ3n) is 2.67. The number of carbonyl (C=O) groups is 1. The Kier molecular flexibility index (Phi) is 3.47. The van der Waals surface area contributed by atoms with Crippen molar-refractivity contribution in [2.75, 3.05) is 0 Å². The van der Waals surface area contributed by atoms with Crippen molar-refractivity contribution >= 4 is 29.3 Å². The van der Waals surface area contributed by atoms with Crippen molar-refractivity contribution in [1.29, 1.82) is 0 Å². The van der Waals surface area contributed by atoms with Crippen molar-refractivity contribution in [3.05, 3.63) is 33.8 Å². The first-order chi connectivity index (χ1) is 7.99. The summed E-state index contributed by atoms with van der Waals surface area (Å²) >= 11 is 11.8. The molecule has 2 rings (SSSR count). The Morgan fingerprint density at radius 1 is 1.41 bits per heavy atom. The second kappa shape index (κ2) is 4.72. The monoisotopic (exact) mass is 275 g/mol. The van der Waals surface area contributed by atoms with E-state index in [1.165, 1.54) is 0 Å². The summed E-state index contributed by atoms with van der Waals surface area (Å²) in [6.45, 7) is 1.70. The fourth-order valence-electron chi connectivity index (χ4n) is 1.73. The van der Waals surface area contributed by atoms with Gasteiger partial charge in [0.25, 0.3) is 0 Å². The SMILES string of the molecule is CC1NC(=O)O[C@H](c2ccc(Cl)cc2Cl)[C@@H]1O. The summed E-state index contributed by atoms with van der Waals surface area (Å²) in [6, 6.07) is 4.43. The molecular formula is C11H11Cl2NO3. The summed E-state index contributed by atoms with van der Waals surface area (Å²) in [7, 11) is 0. The number of ether oxygens (including phenoxy) is 1. The molecule has 3 atom stereocenters. The molecule has 4 nitrogen and oxygen atoms in total. The lowest BCUT2D eigenvalue weighted by atomic mass is 9.98. The van der Waals surface area contributed by atoms with Gasteiger partial charge >= 0.3 is 6.09 Å². The van der Waals surface area contributed by atoms with E-state index in [-0.39, 0.29) is 0 Å². The highest BCUT2D eigenvalue weighted by molar-refractivity contribution is 6.35. The molecule has 2 N–H and O–H groups in total. The first-order valence-electron chi connectivity index (χ1n) is 5.09. The van der Waals surface area contributed by atoms with E-state index in [9.17, 15) is 9.90 Å². The minimum absolute atomic E-state index is 0.364. The van der Waals surface area contributed by atoms with Crippen LogP contribution in [-0.4, -0.2) is 23.3 Å². The van der Waals surface area contributed by atoms with Gasteiger partial charge in [-0.15, -0.1) is 0 Å². The summed E-state index contributed by atoms with van der Waals surface area (Å²) in [5, 5.41) is 13.3. The average Bonchev–Trinajstić information content (AvgIpc) is 2.24. The van der Waals surface area contributed by atoms with Gasteiger partial charge in [-0.3, -0.25) is 0 Å². The number of amides is 1. The molecule has 1 fully saturated rings. The smallest absolute Gasteiger partial charge is 0.408 e. The summed E-state index contributed by atoms with van der Waals surface area (Å²) in [6.07, 6.45) is -2.20. The molecule has 1 unspecified atom stereocenters. The molecule has 0 aliphatic carbocycles. The van der Waals surface area contributed by atoms with Crippen LogP contribution in [0, 0.1) is 0 Å². The molecule has 1 saturated heterocycles. The van der Waals surface area contributed by atoms with Crippen LogP contribution in [0.15, 0.2) is 18.2 Å². The highest BCUT2D eigenvalue weighted by Crippen LogP contribution is 2.33. The highest BCUT2D eigenvalue weighted by Gasteiger charge is 2.36. The number of hydrogen-bond acceptors (Lipinski definition) is 3. The maximum atomic E-state index is 11.3. The molecule has 1 heterocycles. The second-order valence-corrected chi connectivity index (χ2v) is 4.76. The molecule has 0 bridgehead atoms. The number of hydrogen-bond donors (Lipinski definition) is 2. The summed E-state index contributed by atoms with van der Waals surface area (Å²) < 4.78 is 5.05. The Balaban J connectivity index is 2.34. The Morgan fingerprint density at radius 3 is 2.76 bits per heavy atom. The molecule has 0 spiro atoms. The van der Waals surface area contributed by atoms with E-state index in [0.717, 1.165) is 0 Å². The number of cyclic esters (lactones) is 1. The number of nitrogens with one attached hydrogen (secondary N) is 1. The summed E-state index contributed by atoms with van der Waals surface area (Å²) in [5.74, 6) is 0. The van der Waals surface area contributed by atoms with Crippen LogP contribution in [0.5, 0.6) is 0 Å². The largest absolute Gasteiger partial charge is 0.438 e. The Labute approximate surface area is 108 Å². The zero-order valence-corrected chi connectivity index (χ0v) is 10.5. The van der Waals surface area contributed by atoms with Gasteiger partial charge in [-0.1, -0.05) is 29.3 Å². The van der Waals surface area contributed by atoms with E-state index in [1.54, 1.807) is 25.1 Å². The Bertz CT molecular complexity index is 452. The van der Waals surface area contributed by atoms with Gasteiger partial charge in [0.15, 0.2) is 6.10 Å². The molecular weight excluding hydrogens is 265 g/mol. The predicted molar refractivity (Wildman–Crippen MR) is 64.3 cm³/mol. The third kappa shape index (κ3) is 2.49. The van der Waals surface area contributed by atoms with Gasteiger partial charge in [0.05, 0.1) is 6.04 Å². The molecule has 0 aromatic heterocycles. The first-order valence-corrected chi connectivity index (χ1v) is 5.85. The number of alkyl carbamates (subject to hydrolysis) is 1. The van der Waals surface area contributed by atoms with Crippen LogP contribution >= 0.6 is 23.2 Å². The highest BCUT2D eigenvalue weighted by atomic mass is 35.5. The van der Waals surface area contributed by atoms with Crippen LogP contribution in [0.25, 0.3) is 0 Å². The van der Waals surface area contributed by atoms with Gasteiger partial charge in [0.2, 0.25) is 0 Å². The van der Waals surface area contributed by atoms with E-state index in [4.69, 9.17) is 27.9 Å². The Hall–Kier alpha value is -0.970. The lowest BCUT2D eigenvalue weighted by Gasteiger charge is -2.33. The average molecular weight is 276 g/mol. The summed E-state index contributed by atoms with van der Waals surface area (Å²) in [5.41, 5.74) is 0.547. The quantitative estimate of drug-likeness (QED) is 0.828. The summed E-state index contributed by atoms with van der Waals surface area (Å²) in [4.78, 5) is 11.3. The minimum atomic E-state index is -0.855. The van der Waals surface area contributed by atoms with Crippen molar-refractivity contribution in [3.63, 3.8) is 0 Å². The van der Waals surface area contributed by atoms with Crippen LogP contribution in [-0.2, 0) is 4.74 Å². The molecule has 0 radical (unpaired) electrons. The van der Waals surface area contributed by atoms with Crippen molar-refractivity contribution in [2.45, 2.75) is 25.2 Å². The standard InChI is InChI=1S/C11H11Cl2NO3/c1-5-9(15)10(17-11(16)14-5)7-3-2-6(12)4-8(7)13/h2-5,9-10,15H,1H3,(H,14,16)/t5?,9-,10-/m1/s1. The van der Waals surface area contributed by atoms with Crippen LogP contribution in [0.3, 0.4) is 0 Å². The van der Waals surface area contributed by atoms with Gasteiger partial charge < -0.3 is 15.2 Å². The fourth-order valence-corrected chi connectivity index (χ4v) is 2.25. The molecule has 1 amide bonds. The van der Waals surface area contributed by atoms with Gasteiger partial charge in [-0.05, 0) is 19.1 Å². The maximum Gasteiger partial charge on any atom is 0.408 e. The van der Waals surface area contributed by atoms with Gasteiger partial charge in [0.1, 0.15) is 6.10 Å². The van der Waals surface area contributed by atoms with Crippen molar-refractivity contribution in [2.24, 2.45) is 0 Å². The maximum absolute atomic E-state index is 11.3. The zero-order valence-electron chi connectivity index (χ0n) is 8.98. The molecule has 1 aliphatic heterocycles. The first kappa shape index (κ1) is 12.5. The van der Waals surface area contributed by atoms with Crippen LogP contribution < -0.4 is 5.32 Å². The van der Waals surface area contributed by atoms with E-state index in [2.05, 4.69) is 5.32 Å². The molecule has 0 saturated carbocycles. The van der Waals surface area contributed by atoms with Crippen LogP contribution in [0.2, 0.25) is 10.0 Å². The number of benzene rings is 1. The number of carbonyl (C=O) groups excluding carboxylic acids is 1. The molecule has 1 aliphatic rings. The van der Waals surface area contributed by atoms with E-state index in [0.29, 0.717) is 15.6 Å². The van der Waals surface area contributed by atoms with E-state index < -0.39 is 24.3 Å². The number of aliphatic hydroxyl groups is 1. The van der Waals surface area contributed by atoms with Gasteiger partial charge in [-0.2, -0.15) is 0 Å². The van der Waals surface area contributed by atoms with Crippen molar-refractivity contribution in [3.8, 4) is 0 Å². The predicted octanol–water partition coefficient (Wildman–Crippen LogP) is 2.52. The molecule has 17 heavy (non-hydrogen) atoms. The Morgan fingerprint density at radius 2 is 2.12 bits per heavy atom. The number of rotatable bonds is 1. The molecule has 6 heteroatoms. The lowest BCUT2D eigenvalue weighted by Crippen LogP contribution is -2.51. The molecule has 92 valence electrons. The minimum Gasteiger partial charge on any atom is -0.438 e.